The highest BCUT2D eigenvalue weighted by Crippen LogP contribution is 2.18. The van der Waals surface area contributed by atoms with Crippen LogP contribution in [0.15, 0.2) is 36.7 Å². The Kier molecular flexibility index (Phi) is 4.68. The molecule has 1 aromatic carbocycles. The van der Waals surface area contributed by atoms with Crippen molar-refractivity contribution in [3.8, 4) is 0 Å². The predicted octanol–water partition coefficient (Wildman–Crippen LogP) is 2.83. The summed E-state index contributed by atoms with van der Waals surface area (Å²) in [6.07, 6.45) is 3.46. The summed E-state index contributed by atoms with van der Waals surface area (Å²) in [5.74, 6) is -0.00180. The van der Waals surface area contributed by atoms with Gasteiger partial charge in [0.15, 0.2) is 0 Å². The molecule has 0 radical (unpaired) electrons. The van der Waals surface area contributed by atoms with Crippen LogP contribution in [0.25, 0.3) is 0 Å². The Morgan fingerprint density at radius 2 is 2.17 bits per heavy atom. The van der Waals surface area contributed by atoms with Gasteiger partial charge in [-0.3, -0.25) is 9.48 Å². The second-order valence-corrected chi connectivity index (χ2v) is 6.38. The van der Waals surface area contributed by atoms with E-state index in [2.05, 4.69) is 5.10 Å². The Hall–Kier alpha value is -1.85. The molecule has 1 aliphatic heterocycles. The summed E-state index contributed by atoms with van der Waals surface area (Å²) in [5.41, 5.74) is 1.57. The average molecular weight is 334 g/mol. The predicted molar refractivity (Wildman–Crippen MR) is 88.7 cm³/mol. The zero-order valence-electron chi connectivity index (χ0n) is 13.3. The van der Waals surface area contributed by atoms with Crippen molar-refractivity contribution in [3.05, 3.63) is 52.8 Å². The lowest BCUT2D eigenvalue weighted by atomic mass is 10.1. The van der Waals surface area contributed by atoms with Crippen molar-refractivity contribution in [2.45, 2.75) is 32.5 Å². The molecule has 0 unspecified atom stereocenters. The van der Waals surface area contributed by atoms with E-state index in [9.17, 15) is 4.79 Å². The maximum absolute atomic E-state index is 12.7. The van der Waals surface area contributed by atoms with Crippen molar-refractivity contribution < 1.29 is 9.53 Å². The lowest BCUT2D eigenvalue weighted by Crippen LogP contribution is -2.50. The summed E-state index contributed by atoms with van der Waals surface area (Å²) in [6.45, 7) is 5.70. The Morgan fingerprint density at radius 3 is 2.96 bits per heavy atom. The number of ether oxygens (including phenoxy) is 1. The number of rotatable bonds is 3. The molecule has 122 valence electrons. The minimum Gasteiger partial charge on any atom is -0.375 e. The minimum absolute atomic E-state index is 0.00180. The van der Waals surface area contributed by atoms with Crippen molar-refractivity contribution in [3.63, 3.8) is 0 Å². The SMILES string of the molecule is C[C@@H]1CN(C(=O)c2cnn(Cc3ccccc3Cl)c2)[C@@H](C)CO1. The van der Waals surface area contributed by atoms with Crippen LogP contribution >= 0.6 is 11.6 Å². The van der Waals surface area contributed by atoms with Gasteiger partial charge < -0.3 is 9.64 Å². The third-order valence-corrected chi connectivity index (χ3v) is 4.41. The number of morpholine rings is 1. The van der Waals surface area contributed by atoms with E-state index in [1.165, 1.54) is 0 Å². The zero-order chi connectivity index (χ0) is 16.4. The van der Waals surface area contributed by atoms with Crippen LogP contribution in [0.2, 0.25) is 5.02 Å². The van der Waals surface area contributed by atoms with Gasteiger partial charge >= 0.3 is 0 Å². The number of nitrogens with zero attached hydrogens (tertiary/aromatic N) is 3. The van der Waals surface area contributed by atoms with Crippen LogP contribution in [0.5, 0.6) is 0 Å². The van der Waals surface area contributed by atoms with Gasteiger partial charge in [-0.2, -0.15) is 5.10 Å². The lowest BCUT2D eigenvalue weighted by Gasteiger charge is -2.36. The molecule has 23 heavy (non-hydrogen) atoms. The molecule has 2 heterocycles. The monoisotopic (exact) mass is 333 g/mol. The fraction of sp³-hybridized carbons (Fsp3) is 0.412. The van der Waals surface area contributed by atoms with Crippen LogP contribution < -0.4 is 0 Å². The molecule has 2 aromatic rings. The molecule has 0 N–H and O–H groups in total. The fourth-order valence-electron chi connectivity index (χ4n) is 2.71. The number of aromatic nitrogens is 2. The van der Waals surface area contributed by atoms with Crippen molar-refractivity contribution in [2.24, 2.45) is 0 Å². The maximum atomic E-state index is 12.7. The van der Waals surface area contributed by atoms with Crippen LogP contribution in [-0.2, 0) is 11.3 Å². The molecule has 1 aliphatic rings. The van der Waals surface area contributed by atoms with Gasteiger partial charge in [0.2, 0.25) is 0 Å². The maximum Gasteiger partial charge on any atom is 0.257 e. The second kappa shape index (κ2) is 6.72. The number of hydrogen-bond donors (Lipinski definition) is 0. The number of benzene rings is 1. The van der Waals surface area contributed by atoms with Crippen LogP contribution in [0.4, 0.5) is 0 Å². The van der Waals surface area contributed by atoms with E-state index in [1.807, 2.05) is 43.0 Å². The summed E-state index contributed by atoms with van der Waals surface area (Å²) in [7, 11) is 0. The molecule has 1 saturated heterocycles. The number of hydrogen-bond acceptors (Lipinski definition) is 3. The first-order valence-electron chi connectivity index (χ1n) is 7.73. The molecule has 0 bridgehead atoms. The van der Waals surface area contributed by atoms with E-state index in [0.717, 1.165) is 5.56 Å². The van der Waals surface area contributed by atoms with E-state index < -0.39 is 0 Å². The average Bonchev–Trinajstić information content (AvgIpc) is 3.00. The molecule has 1 fully saturated rings. The molecular formula is C17H20ClN3O2. The third-order valence-electron chi connectivity index (χ3n) is 4.04. The molecule has 0 spiro atoms. The van der Waals surface area contributed by atoms with E-state index in [0.29, 0.717) is 30.3 Å². The van der Waals surface area contributed by atoms with Crippen LogP contribution in [0, 0.1) is 0 Å². The highest BCUT2D eigenvalue weighted by molar-refractivity contribution is 6.31. The van der Waals surface area contributed by atoms with Gasteiger partial charge in [-0.05, 0) is 25.5 Å². The van der Waals surface area contributed by atoms with E-state index in [1.54, 1.807) is 17.1 Å². The van der Waals surface area contributed by atoms with Gasteiger partial charge in [0.1, 0.15) is 0 Å². The van der Waals surface area contributed by atoms with Gasteiger partial charge in [-0.15, -0.1) is 0 Å². The van der Waals surface area contributed by atoms with E-state index >= 15 is 0 Å². The summed E-state index contributed by atoms with van der Waals surface area (Å²) in [4.78, 5) is 14.5. The quantitative estimate of drug-likeness (QED) is 0.867. The molecule has 3 rings (SSSR count). The third kappa shape index (κ3) is 3.57. The van der Waals surface area contributed by atoms with Crippen LogP contribution in [-0.4, -0.2) is 45.9 Å². The zero-order valence-corrected chi connectivity index (χ0v) is 14.0. The van der Waals surface area contributed by atoms with Crippen molar-refractivity contribution in [2.75, 3.05) is 13.2 Å². The number of carbonyl (C=O) groups is 1. The number of carbonyl (C=O) groups excluding carboxylic acids is 1. The van der Waals surface area contributed by atoms with Crippen LogP contribution in [0.3, 0.4) is 0 Å². The highest BCUT2D eigenvalue weighted by atomic mass is 35.5. The van der Waals surface area contributed by atoms with Gasteiger partial charge in [0.25, 0.3) is 5.91 Å². The highest BCUT2D eigenvalue weighted by Gasteiger charge is 2.28. The molecule has 0 aliphatic carbocycles. The summed E-state index contributed by atoms with van der Waals surface area (Å²) < 4.78 is 7.31. The molecule has 1 amide bonds. The molecule has 2 atom stereocenters. The van der Waals surface area contributed by atoms with Gasteiger partial charge in [-0.25, -0.2) is 0 Å². The van der Waals surface area contributed by atoms with Crippen molar-refractivity contribution in [1.29, 1.82) is 0 Å². The Morgan fingerprint density at radius 1 is 1.39 bits per heavy atom. The first-order chi connectivity index (χ1) is 11.0. The number of halogens is 1. The minimum atomic E-state index is -0.00180. The van der Waals surface area contributed by atoms with Gasteiger partial charge in [0.05, 0.1) is 37.1 Å². The normalized spacial score (nSPS) is 21.4. The van der Waals surface area contributed by atoms with E-state index in [-0.39, 0.29) is 18.1 Å². The Balaban J connectivity index is 1.74. The van der Waals surface area contributed by atoms with Gasteiger partial charge in [-0.1, -0.05) is 29.8 Å². The summed E-state index contributed by atoms with van der Waals surface area (Å²) >= 11 is 6.17. The first-order valence-corrected chi connectivity index (χ1v) is 8.11. The number of amides is 1. The molecule has 0 saturated carbocycles. The Labute approximate surface area is 140 Å². The molecule has 1 aromatic heterocycles. The molecular weight excluding hydrogens is 314 g/mol. The smallest absolute Gasteiger partial charge is 0.257 e. The van der Waals surface area contributed by atoms with Crippen LogP contribution in [0.1, 0.15) is 29.8 Å². The molecule has 6 heteroatoms. The first kappa shape index (κ1) is 16.0. The Bertz CT molecular complexity index is 701. The van der Waals surface area contributed by atoms with Crippen molar-refractivity contribution in [1.82, 2.24) is 14.7 Å². The second-order valence-electron chi connectivity index (χ2n) is 5.97. The molecule has 5 nitrogen and oxygen atoms in total. The summed E-state index contributed by atoms with van der Waals surface area (Å²) in [5, 5.41) is 4.99. The van der Waals surface area contributed by atoms with Crippen molar-refractivity contribution >= 4 is 17.5 Å². The van der Waals surface area contributed by atoms with E-state index in [4.69, 9.17) is 16.3 Å². The topological polar surface area (TPSA) is 47.4 Å². The summed E-state index contributed by atoms with van der Waals surface area (Å²) in [6, 6.07) is 7.71. The largest absolute Gasteiger partial charge is 0.375 e. The standard InChI is InChI=1S/C17H20ClN3O2/c1-12-11-23-13(2)8-21(12)17(22)15-7-19-20(10-15)9-14-5-3-4-6-16(14)18/h3-7,10,12-13H,8-9,11H2,1-2H3/t12-,13+/m0/s1. The lowest BCUT2D eigenvalue weighted by molar-refractivity contribution is -0.0387. The fourth-order valence-corrected chi connectivity index (χ4v) is 2.91. The van der Waals surface area contributed by atoms with Gasteiger partial charge in [0, 0.05) is 17.8 Å².